The van der Waals surface area contributed by atoms with Gasteiger partial charge in [0.25, 0.3) is 0 Å². The topological polar surface area (TPSA) is 110 Å². The van der Waals surface area contributed by atoms with Gasteiger partial charge in [-0.25, -0.2) is 4.79 Å². The van der Waals surface area contributed by atoms with Crippen LogP contribution in [0.4, 0.5) is 16.2 Å². The number of carbonyl (C=O) groups is 2. The molecule has 2 amide bonds. The number of anilines is 2. The Morgan fingerprint density at radius 1 is 1.29 bits per heavy atom. The molecule has 0 unspecified atom stereocenters. The molecule has 0 aliphatic heterocycles. The Labute approximate surface area is 99.4 Å². The van der Waals surface area contributed by atoms with E-state index in [1.165, 1.54) is 6.92 Å². The highest BCUT2D eigenvalue weighted by Crippen LogP contribution is 2.18. The number of nitrogens with one attached hydrogen (secondary N) is 2. The van der Waals surface area contributed by atoms with Crippen LogP contribution in [-0.4, -0.2) is 24.9 Å². The second-order valence-corrected chi connectivity index (χ2v) is 3.58. The van der Waals surface area contributed by atoms with Crippen LogP contribution >= 0.6 is 0 Å². The van der Waals surface area contributed by atoms with Crippen LogP contribution in [0.1, 0.15) is 17.3 Å². The number of Topliss-reactive ketones (excluding diaryl/α,β-unsaturated/α-hetero) is 1. The summed E-state index contributed by atoms with van der Waals surface area (Å²) in [5.74, 6) is -0.0653. The zero-order valence-electron chi connectivity index (χ0n) is 9.62. The Morgan fingerprint density at radius 2 is 2.00 bits per heavy atom. The van der Waals surface area contributed by atoms with Crippen molar-refractivity contribution in [1.29, 1.82) is 0 Å². The van der Waals surface area contributed by atoms with Crippen LogP contribution in [0, 0.1) is 0 Å². The Kier molecular flexibility index (Phi) is 4.33. The maximum absolute atomic E-state index is 11.2. The number of carbonyl (C=O) groups excluding carboxylic acids is 2. The number of urea groups is 1. The third-order valence-electron chi connectivity index (χ3n) is 2.18. The predicted octanol–water partition coefficient (Wildman–Crippen LogP) is 0.552. The smallest absolute Gasteiger partial charge is 0.312 e. The van der Waals surface area contributed by atoms with E-state index >= 15 is 0 Å². The first-order valence-electron chi connectivity index (χ1n) is 5.18. The summed E-state index contributed by atoms with van der Waals surface area (Å²) in [5, 5.41) is 5.50. The summed E-state index contributed by atoms with van der Waals surface area (Å²) >= 11 is 0. The highest BCUT2D eigenvalue weighted by atomic mass is 16.2. The molecular weight excluding hydrogens is 220 g/mol. The largest absolute Gasteiger partial charge is 0.398 e. The molecule has 1 aromatic carbocycles. The van der Waals surface area contributed by atoms with Crippen LogP contribution in [-0.2, 0) is 0 Å². The van der Waals surface area contributed by atoms with E-state index in [1.54, 1.807) is 18.2 Å². The molecule has 0 atom stereocenters. The minimum Gasteiger partial charge on any atom is -0.398 e. The summed E-state index contributed by atoms with van der Waals surface area (Å²) in [7, 11) is 0. The van der Waals surface area contributed by atoms with Crippen molar-refractivity contribution in [3.8, 4) is 0 Å². The van der Waals surface area contributed by atoms with Crippen molar-refractivity contribution in [2.45, 2.75) is 6.92 Å². The van der Waals surface area contributed by atoms with Gasteiger partial charge in [-0.1, -0.05) is 0 Å². The molecule has 6 nitrogen and oxygen atoms in total. The number of ketones is 1. The molecule has 0 radical (unpaired) electrons. The molecule has 17 heavy (non-hydrogen) atoms. The van der Waals surface area contributed by atoms with Crippen LogP contribution in [0.3, 0.4) is 0 Å². The van der Waals surface area contributed by atoms with Gasteiger partial charge in [-0.05, 0) is 25.1 Å². The SMILES string of the molecule is CC(=O)c1ccc(NCCNC(N)=O)cc1N. The quantitative estimate of drug-likeness (QED) is 0.340. The summed E-state index contributed by atoms with van der Waals surface area (Å²) in [4.78, 5) is 21.6. The minimum absolute atomic E-state index is 0.0653. The van der Waals surface area contributed by atoms with Crippen LogP contribution in [0.2, 0.25) is 0 Å². The van der Waals surface area contributed by atoms with E-state index in [1.807, 2.05) is 0 Å². The average Bonchev–Trinajstić information content (AvgIpc) is 2.23. The van der Waals surface area contributed by atoms with Crippen LogP contribution < -0.4 is 22.1 Å². The maximum atomic E-state index is 11.2. The molecule has 1 aromatic rings. The van der Waals surface area contributed by atoms with Crippen molar-refractivity contribution in [3.05, 3.63) is 23.8 Å². The van der Waals surface area contributed by atoms with Crippen molar-refractivity contribution in [2.75, 3.05) is 24.1 Å². The normalized spacial score (nSPS) is 9.71. The molecule has 0 aliphatic rings. The van der Waals surface area contributed by atoms with Gasteiger partial charge in [0.1, 0.15) is 0 Å². The summed E-state index contributed by atoms with van der Waals surface area (Å²) < 4.78 is 0. The number of rotatable bonds is 5. The third-order valence-corrected chi connectivity index (χ3v) is 2.18. The lowest BCUT2D eigenvalue weighted by molar-refractivity contribution is 0.101. The Morgan fingerprint density at radius 3 is 2.53 bits per heavy atom. The van der Waals surface area contributed by atoms with E-state index in [-0.39, 0.29) is 5.78 Å². The van der Waals surface area contributed by atoms with E-state index in [2.05, 4.69) is 10.6 Å². The highest BCUT2D eigenvalue weighted by molar-refractivity contribution is 5.99. The highest BCUT2D eigenvalue weighted by Gasteiger charge is 2.04. The fourth-order valence-electron chi connectivity index (χ4n) is 1.39. The number of nitrogens with two attached hydrogens (primary N) is 2. The van der Waals surface area contributed by atoms with Crippen molar-refractivity contribution < 1.29 is 9.59 Å². The number of nitrogen functional groups attached to an aromatic ring is 1. The van der Waals surface area contributed by atoms with E-state index in [0.717, 1.165) is 5.69 Å². The second kappa shape index (κ2) is 5.74. The van der Waals surface area contributed by atoms with E-state index in [0.29, 0.717) is 24.3 Å². The monoisotopic (exact) mass is 236 g/mol. The fourth-order valence-corrected chi connectivity index (χ4v) is 1.39. The molecule has 0 spiro atoms. The Bertz CT molecular complexity index is 431. The molecular formula is C11H16N4O2. The van der Waals surface area contributed by atoms with Crippen molar-refractivity contribution in [3.63, 3.8) is 0 Å². The molecule has 0 saturated carbocycles. The van der Waals surface area contributed by atoms with E-state index in [9.17, 15) is 9.59 Å². The summed E-state index contributed by atoms with van der Waals surface area (Å²) in [5.41, 5.74) is 12.4. The van der Waals surface area contributed by atoms with Crippen LogP contribution in [0.15, 0.2) is 18.2 Å². The lowest BCUT2D eigenvalue weighted by Crippen LogP contribution is -2.33. The number of amides is 2. The molecule has 0 bridgehead atoms. The van der Waals surface area contributed by atoms with Gasteiger partial charge in [0.2, 0.25) is 0 Å². The zero-order valence-corrected chi connectivity index (χ0v) is 9.62. The molecule has 0 aromatic heterocycles. The van der Waals surface area contributed by atoms with E-state index < -0.39 is 6.03 Å². The van der Waals surface area contributed by atoms with Crippen molar-refractivity contribution in [1.82, 2.24) is 5.32 Å². The molecule has 6 heteroatoms. The Balaban J connectivity index is 2.53. The molecule has 0 fully saturated rings. The molecule has 0 saturated heterocycles. The van der Waals surface area contributed by atoms with Gasteiger partial charge in [-0.15, -0.1) is 0 Å². The zero-order chi connectivity index (χ0) is 12.8. The third kappa shape index (κ3) is 4.02. The lowest BCUT2D eigenvalue weighted by atomic mass is 10.1. The lowest BCUT2D eigenvalue weighted by Gasteiger charge is -2.09. The number of benzene rings is 1. The van der Waals surface area contributed by atoms with Gasteiger partial charge in [0.15, 0.2) is 5.78 Å². The van der Waals surface area contributed by atoms with Gasteiger partial charge in [-0.3, -0.25) is 4.79 Å². The van der Waals surface area contributed by atoms with Gasteiger partial charge >= 0.3 is 6.03 Å². The van der Waals surface area contributed by atoms with Crippen LogP contribution in [0.5, 0.6) is 0 Å². The number of primary amides is 1. The molecule has 0 aliphatic carbocycles. The summed E-state index contributed by atoms with van der Waals surface area (Å²) in [6.07, 6.45) is 0. The molecule has 92 valence electrons. The van der Waals surface area contributed by atoms with Gasteiger partial charge in [-0.2, -0.15) is 0 Å². The van der Waals surface area contributed by atoms with E-state index in [4.69, 9.17) is 11.5 Å². The molecule has 1 rings (SSSR count). The number of hydrogen-bond donors (Lipinski definition) is 4. The first-order valence-corrected chi connectivity index (χ1v) is 5.18. The second-order valence-electron chi connectivity index (χ2n) is 3.58. The van der Waals surface area contributed by atoms with Gasteiger partial charge < -0.3 is 22.1 Å². The van der Waals surface area contributed by atoms with Gasteiger partial charge in [0.05, 0.1) is 0 Å². The summed E-state index contributed by atoms with van der Waals surface area (Å²) in [6, 6.07) is 4.55. The van der Waals surface area contributed by atoms with Crippen molar-refractivity contribution >= 4 is 23.2 Å². The molecule has 6 N–H and O–H groups in total. The standard InChI is InChI=1S/C11H16N4O2/c1-7(16)9-3-2-8(6-10(9)12)14-4-5-15-11(13)17/h2-3,6,14H,4-5,12H2,1H3,(H3,13,15,17). The maximum Gasteiger partial charge on any atom is 0.312 e. The van der Waals surface area contributed by atoms with Gasteiger partial charge in [0, 0.05) is 30.0 Å². The fraction of sp³-hybridized carbons (Fsp3) is 0.273. The first-order chi connectivity index (χ1) is 8.00. The predicted molar refractivity (Wildman–Crippen MR) is 66.9 cm³/mol. The van der Waals surface area contributed by atoms with Crippen LogP contribution in [0.25, 0.3) is 0 Å². The molecule has 0 heterocycles. The Hall–Kier alpha value is -2.24. The number of hydrogen-bond acceptors (Lipinski definition) is 4. The minimum atomic E-state index is -0.557. The van der Waals surface area contributed by atoms with Crippen molar-refractivity contribution in [2.24, 2.45) is 5.73 Å². The summed E-state index contributed by atoms with van der Waals surface area (Å²) in [6.45, 7) is 2.42. The average molecular weight is 236 g/mol. The first kappa shape index (κ1) is 12.8.